The van der Waals surface area contributed by atoms with Gasteiger partial charge in [-0.1, -0.05) is 36.4 Å². The third-order valence-corrected chi connectivity index (χ3v) is 9.65. The predicted octanol–water partition coefficient (Wildman–Crippen LogP) is 3.79. The number of nitrogens with one attached hydrogen (secondary N) is 2. The van der Waals surface area contributed by atoms with E-state index in [0.717, 1.165) is 31.9 Å². The third-order valence-electron chi connectivity index (χ3n) is 6.03. The monoisotopic (exact) mass is 557 g/mol. The number of anilines is 3. The molecule has 1 aromatic heterocycles. The Kier molecular flexibility index (Phi) is 6.95. The highest BCUT2D eigenvalue weighted by Crippen LogP contribution is 2.38. The van der Waals surface area contributed by atoms with Crippen molar-refractivity contribution in [2.75, 3.05) is 39.6 Å². The van der Waals surface area contributed by atoms with Crippen LogP contribution in [0.25, 0.3) is 10.9 Å². The first-order valence-electron chi connectivity index (χ1n) is 11.5. The SMILES string of the molecule is O=S(=O)(Nc1cc(N2CCNCC2)ccc1N(Cl)S(=O)(=O)c1cccc2cccnc12)c1ccccc1. The summed E-state index contributed by atoms with van der Waals surface area (Å²) >= 11 is 6.51. The number of nitrogens with zero attached hydrogens (tertiary/aromatic N) is 3. The normalized spacial score (nSPS) is 14.5. The van der Waals surface area contributed by atoms with Gasteiger partial charge in [-0.15, -0.1) is 0 Å². The van der Waals surface area contributed by atoms with Gasteiger partial charge < -0.3 is 10.2 Å². The first kappa shape index (κ1) is 25.3. The molecule has 1 aliphatic heterocycles. The molecule has 1 aliphatic rings. The van der Waals surface area contributed by atoms with Crippen LogP contribution in [0.3, 0.4) is 0 Å². The summed E-state index contributed by atoms with van der Waals surface area (Å²) in [5.41, 5.74) is 1.00. The molecule has 1 saturated heterocycles. The van der Waals surface area contributed by atoms with Crippen molar-refractivity contribution in [3.8, 4) is 0 Å². The highest BCUT2D eigenvalue weighted by Gasteiger charge is 2.30. The van der Waals surface area contributed by atoms with Gasteiger partial charge in [-0.05, 0) is 42.5 Å². The smallest absolute Gasteiger partial charge is 0.280 e. The minimum atomic E-state index is -4.32. The Bertz CT molecular complexity index is 1640. The average Bonchev–Trinajstić information content (AvgIpc) is 2.93. The molecule has 0 bridgehead atoms. The molecule has 0 saturated carbocycles. The molecule has 9 nitrogen and oxygen atoms in total. The van der Waals surface area contributed by atoms with E-state index < -0.39 is 20.0 Å². The molecular weight excluding hydrogens is 534 g/mol. The quantitative estimate of drug-likeness (QED) is 0.332. The number of aromatic nitrogens is 1. The van der Waals surface area contributed by atoms with Crippen molar-refractivity contribution in [2.45, 2.75) is 9.79 Å². The van der Waals surface area contributed by atoms with Gasteiger partial charge in [0.25, 0.3) is 20.0 Å². The lowest BCUT2D eigenvalue weighted by atomic mass is 10.2. The number of halogens is 1. The molecule has 2 heterocycles. The number of para-hydroxylation sites is 1. The number of benzene rings is 3. The van der Waals surface area contributed by atoms with E-state index in [0.29, 0.717) is 9.21 Å². The molecule has 0 unspecified atom stereocenters. The van der Waals surface area contributed by atoms with Gasteiger partial charge in [0.15, 0.2) is 0 Å². The Hall–Kier alpha value is -3.38. The van der Waals surface area contributed by atoms with E-state index in [1.54, 1.807) is 54.6 Å². The zero-order valence-electron chi connectivity index (χ0n) is 19.6. The van der Waals surface area contributed by atoms with Crippen LogP contribution in [0.1, 0.15) is 0 Å². The number of piperazine rings is 1. The van der Waals surface area contributed by atoms with Crippen LogP contribution < -0.4 is 18.8 Å². The van der Waals surface area contributed by atoms with Crippen LogP contribution in [0, 0.1) is 0 Å². The number of fused-ring (bicyclic) bond motifs is 1. The summed E-state index contributed by atoms with van der Waals surface area (Å²) in [4.78, 5) is 6.26. The molecule has 192 valence electrons. The maximum absolute atomic E-state index is 13.7. The van der Waals surface area contributed by atoms with Crippen LogP contribution in [-0.2, 0) is 20.0 Å². The minimum Gasteiger partial charge on any atom is -0.369 e. The van der Waals surface area contributed by atoms with E-state index in [2.05, 4.69) is 19.9 Å². The van der Waals surface area contributed by atoms with Crippen molar-refractivity contribution in [1.82, 2.24) is 10.3 Å². The molecule has 0 aliphatic carbocycles. The van der Waals surface area contributed by atoms with Crippen molar-refractivity contribution in [2.24, 2.45) is 0 Å². The fraction of sp³-hybridized carbons (Fsp3) is 0.160. The lowest BCUT2D eigenvalue weighted by Gasteiger charge is -2.30. The number of hydrogen-bond donors (Lipinski definition) is 2. The summed E-state index contributed by atoms with van der Waals surface area (Å²) in [6.45, 7) is 2.98. The molecule has 12 heteroatoms. The molecule has 2 N–H and O–H groups in total. The number of pyridine rings is 1. The molecule has 4 aromatic rings. The second kappa shape index (κ2) is 10.2. The van der Waals surface area contributed by atoms with E-state index in [1.165, 1.54) is 30.5 Å². The van der Waals surface area contributed by atoms with Crippen LogP contribution in [0.5, 0.6) is 0 Å². The van der Waals surface area contributed by atoms with Crippen molar-refractivity contribution in [3.63, 3.8) is 0 Å². The lowest BCUT2D eigenvalue weighted by Crippen LogP contribution is -2.43. The summed E-state index contributed by atoms with van der Waals surface area (Å²) in [5.74, 6) is 0. The van der Waals surface area contributed by atoms with Crippen molar-refractivity contribution < 1.29 is 16.8 Å². The van der Waals surface area contributed by atoms with E-state index >= 15 is 0 Å². The zero-order valence-corrected chi connectivity index (χ0v) is 22.0. The van der Waals surface area contributed by atoms with Gasteiger partial charge in [0.05, 0.1) is 21.8 Å². The number of sulfonamides is 2. The average molecular weight is 558 g/mol. The molecule has 0 spiro atoms. The van der Waals surface area contributed by atoms with Gasteiger partial charge in [-0.2, -0.15) is 12.2 Å². The standard InChI is InChI=1S/C25H24ClN5O4S2/c26-31(37(34,35)24-10-4-6-19-7-5-13-28-25(19)24)23-12-11-20(30-16-14-27-15-17-30)18-22(23)29-36(32,33)21-8-2-1-3-9-21/h1-13,18,27,29H,14-17H2. The van der Waals surface area contributed by atoms with Crippen LogP contribution in [0.4, 0.5) is 17.1 Å². The summed E-state index contributed by atoms with van der Waals surface area (Å²) < 4.78 is 56.9. The summed E-state index contributed by atoms with van der Waals surface area (Å²) in [6.07, 6.45) is 1.50. The fourth-order valence-corrected chi connectivity index (χ4v) is 6.90. The van der Waals surface area contributed by atoms with Gasteiger partial charge >= 0.3 is 0 Å². The first-order chi connectivity index (χ1) is 17.8. The summed E-state index contributed by atoms with van der Waals surface area (Å²) in [5, 5.41) is 3.91. The lowest BCUT2D eigenvalue weighted by molar-refractivity contribution is 0.589. The van der Waals surface area contributed by atoms with Gasteiger partial charge in [0.1, 0.15) is 4.90 Å². The van der Waals surface area contributed by atoms with Crippen molar-refractivity contribution in [3.05, 3.63) is 85.1 Å². The largest absolute Gasteiger partial charge is 0.369 e. The molecule has 0 radical (unpaired) electrons. The molecular formula is C25H24ClN5O4S2. The van der Waals surface area contributed by atoms with Gasteiger partial charge in [0.2, 0.25) is 0 Å². The van der Waals surface area contributed by atoms with Gasteiger partial charge in [-0.3, -0.25) is 9.71 Å². The topological polar surface area (TPSA) is 112 Å². The zero-order chi connectivity index (χ0) is 26.0. The second-order valence-corrected chi connectivity index (χ2v) is 12.4. The second-order valence-electron chi connectivity index (χ2n) is 8.41. The van der Waals surface area contributed by atoms with E-state index in [-0.39, 0.29) is 26.7 Å². The van der Waals surface area contributed by atoms with Crippen LogP contribution in [0.15, 0.2) is 94.9 Å². The highest BCUT2D eigenvalue weighted by atomic mass is 35.5. The van der Waals surface area contributed by atoms with E-state index in [4.69, 9.17) is 11.8 Å². The minimum absolute atomic E-state index is 0.0339. The Morgan fingerprint density at radius 2 is 1.62 bits per heavy atom. The van der Waals surface area contributed by atoms with Gasteiger partial charge in [0, 0.05) is 55.2 Å². The third kappa shape index (κ3) is 5.08. The Morgan fingerprint density at radius 3 is 2.38 bits per heavy atom. The van der Waals surface area contributed by atoms with Crippen LogP contribution in [-0.4, -0.2) is 48.0 Å². The molecule has 5 rings (SSSR count). The molecule has 0 atom stereocenters. The highest BCUT2D eigenvalue weighted by molar-refractivity contribution is 7.94. The molecule has 1 fully saturated rings. The molecule has 37 heavy (non-hydrogen) atoms. The van der Waals surface area contributed by atoms with Crippen LogP contribution in [0.2, 0.25) is 0 Å². The van der Waals surface area contributed by atoms with Crippen LogP contribution >= 0.6 is 11.8 Å². The number of rotatable bonds is 7. The predicted molar refractivity (Wildman–Crippen MR) is 146 cm³/mol. The maximum Gasteiger partial charge on any atom is 0.280 e. The van der Waals surface area contributed by atoms with E-state index in [9.17, 15) is 16.8 Å². The first-order valence-corrected chi connectivity index (χ1v) is 14.8. The molecule has 0 amide bonds. The van der Waals surface area contributed by atoms with Crippen molar-refractivity contribution in [1.29, 1.82) is 0 Å². The van der Waals surface area contributed by atoms with Gasteiger partial charge in [-0.25, -0.2) is 8.42 Å². The fourth-order valence-electron chi connectivity index (χ4n) is 4.18. The molecule has 3 aromatic carbocycles. The Labute approximate surface area is 220 Å². The summed E-state index contributed by atoms with van der Waals surface area (Å²) in [7, 11) is -8.36. The van der Waals surface area contributed by atoms with Crippen molar-refractivity contribution >= 4 is 59.8 Å². The summed E-state index contributed by atoms with van der Waals surface area (Å²) in [6, 6.07) is 20.9. The maximum atomic E-state index is 13.7. The Balaban J connectivity index is 1.60. The van der Waals surface area contributed by atoms with E-state index in [1.807, 2.05) is 0 Å². The number of hydrogen-bond acceptors (Lipinski definition) is 7. The Morgan fingerprint density at radius 1 is 0.892 bits per heavy atom.